The third-order valence-electron chi connectivity index (χ3n) is 5.30. The highest BCUT2D eigenvalue weighted by Crippen LogP contribution is 2.25. The van der Waals surface area contributed by atoms with Crippen LogP contribution in [0.15, 0.2) is 78.9 Å². The fraction of sp³-hybridized carbons (Fsp3) is 0.200. The van der Waals surface area contributed by atoms with Gasteiger partial charge in [-0.05, 0) is 40.8 Å². The lowest BCUT2D eigenvalue weighted by atomic mass is 9.98. The summed E-state index contributed by atoms with van der Waals surface area (Å²) in [6.07, 6.45) is 1.62. The van der Waals surface area contributed by atoms with Crippen molar-refractivity contribution in [2.45, 2.75) is 25.9 Å². The largest absolute Gasteiger partial charge is 0.338 e. The maximum atomic E-state index is 12.2. The van der Waals surface area contributed by atoms with Crippen molar-refractivity contribution in [2.24, 2.45) is 0 Å². The number of amides is 3. The van der Waals surface area contributed by atoms with E-state index in [1.807, 2.05) is 53.4 Å². The lowest BCUT2D eigenvalue weighted by Crippen LogP contribution is -2.28. The molecule has 3 aromatic carbocycles. The van der Waals surface area contributed by atoms with Crippen molar-refractivity contribution in [3.05, 3.63) is 90.0 Å². The molecule has 3 amide bonds. The van der Waals surface area contributed by atoms with Gasteiger partial charge in [0.05, 0.1) is 0 Å². The van der Waals surface area contributed by atoms with Gasteiger partial charge in [0, 0.05) is 31.7 Å². The average Bonchev–Trinajstić information content (AvgIpc) is 3.18. The summed E-state index contributed by atoms with van der Waals surface area (Å²) < 4.78 is 0. The molecule has 0 aliphatic carbocycles. The van der Waals surface area contributed by atoms with Crippen LogP contribution in [0.25, 0.3) is 11.1 Å². The first-order chi connectivity index (χ1) is 14.7. The number of anilines is 1. The highest BCUT2D eigenvalue weighted by Gasteiger charge is 2.19. The van der Waals surface area contributed by atoms with Crippen molar-refractivity contribution >= 4 is 17.6 Å². The van der Waals surface area contributed by atoms with E-state index in [2.05, 4.69) is 41.0 Å². The van der Waals surface area contributed by atoms with Crippen LogP contribution >= 0.6 is 0 Å². The van der Waals surface area contributed by atoms with E-state index in [1.165, 1.54) is 0 Å². The Bertz CT molecular complexity index is 1020. The van der Waals surface area contributed by atoms with Crippen LogP contribution in [-0.4, -0.2) is 23.4 Å². The average molecular weight is 399 g/mol. The third-order valence-corrected chi connectivity index (χ3v) is 5.30. The van der Waals surface area contributed by atoms with Gasteiger partial charge < -0.3 is 15.5 Å². The summed E-state index contributed by atoms with van der Waals surface area (Å²) in [5.74, 6) is 0.240. The van der Waals surface area contributed by atoms with Crippen LogP contribution in [-0.2, 0) is 17.9 Å². The van der Waals surface area contributed by atoms with Crippen molar-refractivity contribution in [1.29, 1.82) is 0 Å². The van der Waals surface area contributed by atoms with Crippen molar-refractivity contribution in [3.63, 3.8) is 0 Å². The van der Waals surface area contributed by atoms with E-state index >= 15 is 0 Å². The van der Waals surface area contributed by atoms with Gasteiger partial charge in [-0.2, -0.15) is 0 Å². The van der Waals surface area contributed by atoms with Gasteiger partial charge in [-0.3, -0.25) is 4.79 Å². The number of nitrogens with zero attached hydrogens (tertiary/aromatic N) is 1. The first-order valence-electron chi connectivity index (χ1n) is 10.2. The van der Waals surface area contributed by atoms with E-state index in [-0.39, 0.29) is 11.9 Å². The van der Waals surface area contributed by atoms with Gasteiger partial charge in [0.2, 0.25) is 5.91 Å². The number of rotatable bonds is 6. The van der Waals surface area contributed by atoms with Gasteiger partial charge in [-0.25, -0.2) is 4.79 Å². The zero-order chi connectivity index (χ0) is 20.8. The Hall–Kier alpha value is -3.60. The van der Waals surface area contributed by atoms with Crippen molar-refractivity contribution in [3.8, 4) is 11.1 Å². The molecule has 0 spiro atoms. The van der Waals surface area contributed by atoms with Crippen LogP contribution in [0.1, 0.15) is 24.0 Å². The summed E-state index contributed by atoms with van der Waals surface area (Å²) in [5, 5.41) is 5.76. The van der Waals surface area contributed by atoms with Gasteiger partial charge in [0.1, 0.15) is 0 Å². The molecule has 152 valence electrons. The molecule has 0 atom stereocenters. The topological polar surface area (TPSA) is 61.4 Å². The van der Waals surface area contributed by atoms with E-state index < -0.39 is 0 Å². The summed E-state index contributed by atoms with van der Waals surface area (Å²) in [6, 6.07) is 25.5. The molecule has 1 fully saturated rings. The Morgan fingerprint density at radius 1 is 0.900 bits per heavy atom. The maximum absolute atomic E-state index is 12.2. The molecule has 3 aromatic rings. The van der Waals surface area contributed by atoms with Crippen LogP contribution in [0.4, 0.5) is 10.5 Å². The Morgan fingerprint density at radius 3 is 2.37 bits per heavy atom. The second-order valence-electron chi connectivity index (χ2n) is 7.45. The van der Waals surface area contributed by atoms with Gasteiger partial charge in [0.25, 0.3) is 0 Å². The lowest BCUT2D eigenvalue weighted by molar-refractivity contribution is -0.128. The minimum atomic E-state index is -0.235. The zero-order valence-electron chi connectivity index (χ0n) is 16.8. The predicted molar refractivity (Wildman–Crippen MR) is 119 cm³/mol. The van der Waals surface area contributed by atoms with E-state index in [0.29, 0.717) is 19.5 Å². The fourth-order valence-electron chi connectivity index (χ4n) is 3.71. The number of carbonyl (C=O) groups is 2. The Balaban J connectivity index is 1.41. The number of likely N-dealkylation sites (tertiary alicyclic amines) is 1. The molecule has 5 heteroatoms. The molecular formula is C25H25N3O2. The number of carbonyl (C=O) groups excluding carboxylic acids is 2. The standard InChI is InChI=1S/C25H25N3O2/c29-24-11-6-16-28(24)18-19-12-14-20(15-13-19)23-10-5-4-7-21(23)17-26-25(30)27-22-8-2-1-3-9-22/h1-5,7-10,12-15H,6,11,16-18H2,(H2,26,27,30). The Labute approximate surface area is 176 Å². The van der Waals surface area contributed by atoms with Gasteiger partial charge in [-0.15, -0.1) is 0 Å². The number of hydrogen-bond donors (Lipinski definition) is 2. The minimum absolute atomic E-state index is 0.235. The summed E-state index contributed by atoms with van der Waals surface area (Å²) >= 11 is 0. The Morgan fingerprint density at radius 2 is 1.63 bits per heavy atom. The molecule has 2 N–H and O–H groups in total. The van der Waals surface area contributed by atoms with Gasteiger partial charge in [0.15, 0.2) is 0 Å². The quantitative estimate of drug-likeness (QED) is 0.626. The smallest absolute Gasteiger partial charge is 0.319 e. The normalized spacial score (nSPS) is 13.3. The SMILES string of the molecule is O=C(NCc1ccccc1-c1ccc(CN2CCCC2=O)cc1)Nc1ccccc1. The van der Waals surface area contributed by atoms with Crippen LogP contribution in [0.3, 0.4) is 0 Å². The van der Waals surface area contributed by atoms with Crippen LogP contribution < -0.4 is 10.6 Å². The Kier molecular flexibility index (Phi) is 6.09. The molecule has 1 saturated heterocycles. The molecule has 1 heterocycles. The number of nitrogens with one attached hydrogen (secondary N) is 2. The molecule has 1 aliphatic heterocycles. The third kappa shape index (κ3) is 4.87. The highest BCUT2D eigenvalue weighted by atomic mass is 16.2. The molecular weight excluding hydrogens is 374 g/mol. The second-order valence-corrected chi connectivity index (χ2v) is 7.45. The van der Waals surface area contributed by atoms with Crippen molar-refractivity contribution < 1.29 is 9.59 Å². The molecule has 0 saturated carbocycles. The molecule has 0 bridgehead atoms. The van der Waals surface area contributed by atoms with E-state index in [1.54, 1.807) is 0 Å². The van der Waals surface area contributed by atoms with E-state index in [0.717, 1.165) is 40.9 Å². The molecule has 30 heavy (non-hydrogen) atoms. The molecule has 0 radical (unpaired) electrons. The van der Waals surface area contributed by atoms with Gasteiger partial charge >= 0.3 is 6.03 Å². The fourth-order valence-corrected chi connectivity index (χ4v) is 3.71. The molecule has 0 aromatic heterocycles. The van der Waals surface area contributed by atoms with Crippen LogP contribution in [0, 0.1) is 0 Å². The summed E-state index contributed by atoms with van der Waals surface area (Å²) in [5.41, 5.74) is 5.11. The highest BCUT2D eigenvalue weighted by molar-refractivity contribution is 5.89. The molecule has 5 nitrogen and oxygen atoms in total. The van der Waals surface area contributed by atoms with E-state index in [4.69, 9.17) is 0 Å². The summed E-state index contributed by atoms with van der Waals surface area (Å²) in [4.78, 5) is 26.0. The van der Waals surface area contributed by atoms with Crippen LogP contribution in [0.2, 0.25) is 0 Å². The first-order valence-corrected chi connectivity index (χ1v) is 10.2. The molecule has 0 unspecified atom stereocenters. The van der Waals surface area contributed by atoms with Crippen molar-refractivity contribution in [2.75, 3.05) is 11.9 Å². The summed E-state index contributed by atoms with van der Waals surface area (Å²) in [6.45, 7) is 1.95. The molecule has 1 aliphatic rings. The monoisotopic (exact) mass is 399 g/mol. The first kappa shape index (κ1) is 19.7. The van der Waals surface area contributed by atoms with Crippen molar-refractivity contribution in [1.82, 2.24) is 10.2 Å². The number of para-hydroxylation sites is 1. The van der Waals surface area contributed by atoms with E-state index in [9.17, 15) is 9.59 Å². The minimum Gasteiger partial charge on any atom is -0.338 e. The van der Waals surface area contributed by atoms with Gasteiger partial charge in [-0.1, -0.05) is 66.7 Å². The lowest BCUT2D eigenvalue weighted by Gasteiger charge is -2.16. The number of benzene rings is 3. The zero-order valence-corrected chi connectivity index (χ0v) is 16.8. The molecule has 4 rings (SSSR count). The number of hydrogen-bond acceptors (Lipinski definition) is 2. The van der Waals surface area contributed by atoms with Crippen LogP contribution in [0.5, 0.6) is 0 Å². The second kappa shape index (κ2) is 9.27. The maximum Gasteiger partial charge on any atom is 0.319 e. The predicted octanol–water partition coefficient (Wildman–Crippen LogP) is 4.80. The summed E-state index contributed by atoms with van der Waals surface area (Å²) in [7, 11) is 0. The number of urea groups is 1.